The fourth-order valence-corrected chi connectivity index (χ4v) is 5.28. The predicted octanol–water partition coefficient (Wildman–Crippen LogP) is 10.7. The summed E-state index contributed by atoms with van der Waals surface area (Å²) in [4.78, 5) is 0. The molecular formula is C36H40. The van der Waals surface area contributed by atoms with E-state index < -0.39 is 0 Å². The Morgan fingerprint density at radius 1 is 0.306 bits per heavy atom. The van der Waals surface area contributed by atoms with Gasteiger partial charge < -0.3 is 0 Å². The van der Waals surface area contributed by atoms with Crippen molar-refractivity contribution in [1.82, 2.24) is 0 Å². The van der Waals surface area contributed by atoms with Gasteiger partial charge in [0.05, 0.1) is 0 Å². The molecule has 5 aromatic rings. The summed E-state index contributed by atoms with van der Waals surface area (Å²) >= 11 is 0. The molecular weight excluding hydrogens is 432 g/mol. The van der Waals surface area contributed by atoms with Crippen LogP contribution in [0.15, 0.2) is 78.9 Å². The molecule has 0 aliphatic heterocycles. The number of fused-ring (bicyclic) bond motifs is 6. The van der Waals surface area contributed by atoms with E-state index in [4.69, 9.17) is 0 Å². The average Bonchev–Trinajstić information content (AvgIpc) is 2.81. The van der Waals surface area contributed by atoms with Crippen LogP contribution in [0.25, 0.3) is 43.4 Å². The maximum absolute atomic E-state index is 2.44. The van der Waals surface area contributed by atoms with Crippen molar-refractivity contribution in [3.8, 4) is 11.1 Å². The number of benzene rings is 5. The fourth-order valence-electron chi connectivity index (χ4n) is 5.28. The molecule has 5 rings (SSSR count). The Balaban J connectivity index is 1.82. The van der Waals surface area contributed by atoms with Crippen molar-refractivity contribution >= 4 is 32.3 Å². The van der Waals surface area contributed by atoms with Crippen molar-refractivity contribution in [2.75, 3.05) is 0 Å². The van der Waals surface area contributed by atoms with Gasteiger partial charge in [0.2, 0.25) is 0 Å². The van der Waals surface area contributed by atoms with Crippen LogP contribution in [0.2, 0.25) is 0 Å². The predicted molar refractivity (Wildman–Crippen MR) is 160 cm³/mol. The second kappa shape index (κ2) is 8.20. The second-order valence-electron chi connectivity index (χ2n) is 13.6. The molecule has 0 fully saturated rings. The Kier molecular flexibility index (Phi) is 5.60. The first kappa shape index (κ1) is 24.6. The molecule has 0 aliphatic rings. The normalized spacial score (nSPS) is 13.1. The van der Waals surface area contributed by atoms with Crippen LogP contribution in [0, 0.1) is 0 Å². The van der Waals surface area contributed by atoms with Crippen LogP contribution >= 0.6 is 0 Å². The Labute approximate surface area is 217 Å². The molecule has 0 amide bonds. The van der Waals surface area contributed by atoms with Gasteiger partial charge in [-0.05, 0) is 94.6 Å². The first-order valence-corrected chi connectivity index (χ1v) is 13.3. The molecule has 0 radical (unpaired) electrons. The lowest BCUT2D eigenvalue weighted by Gasteiger charge is -2.23. The van der Waals surface area contributed by atoms with Gasteiger partial charge in [0, 0.05) is 0 Å². The van der Waals surface area contributed by atoms with Gasteiger partial charge in [-0.3, -0.25) is 0 Å². The number of hydrogen-bond donors (Lipinski definition) is 0. The van der Waals surface area contributed by atoms with Crippen LogP contribution in [0.1, 0.15) is 79.0 Å². The molecule has 5 aromatic carbocycles. The van der Waals surface area contributed by atoms with E-state index in [2.05, 4.69) is 141 Å². The first-order valence-electron chi connectivity index (χ1n) is 13.3. The molecule has 0 saturated carbocycles. The minimum atomic E-state index is 0.105. The molecule has 36 heavy (non-hydrogen) atoms. The van der Waals surface area contributed by atoms with Crippen LogP contribution in [-0.4, -0.2) is 0 Å². The Morgan fingerprint density at radius 2 is 0.639 bits per heavy atom. The van der Waals surface area contributed by atoms with E-state index in [0.29, 0.717) is 0 Å². The lowest BCUT2D eigenvalue weighted by molar-refractivity contribution is 0.590. The third kappa shape index (κ3) is 4.32. The first-order chi connectivity index (χ1) is 16.7. The smallest absolute Gasteiger partial charge is 0.00928 e. The summed E-state index contributed by atoms with van der Waals surface area (Å²) in [5.74, 6) is 0. The maximum atomic E-state index is 2.44. The summed E-state index contributed by atoms with van der Waals surface area (Å²) in [6, 6.07) is 30.4. The van der Waals surface area contributed by atoms with Gasteiger partial charge in [-0.15, -0.1) is 0 Å². The SMILES string of the molecule is CC(C)(C)c1ccc(-c2ccc3c4ccc(C(C)(C)C)cc4c4cc(C(C)(C)C)ccc4c3c2)cc1. The van der Waals surface area contributed by atoms with Crippen molar-refractivity contribution in [3.63, 3.8) is 0 Å². The Morgan fingerprint density at radius 3 is 1.08 bits per heavy atom. The number of rotatable bonds is 1. The summed E-state index contributed by atoms with van der Waals surface area (Å²) < 4.78 is 0. The van der Waals surface area contributed by atoms with E-state index in [0.717, 1.165) is 0 Å². The van der Waals surface area contributed by atoms with Gasteiger partial charge in [-0.25, -0.2) is 0 Å². The summed E-state index contributed by atoms with van der Waals surface area (Å²) in [5.41, 5.74) is 7.05. The second-order valence-corrected chi connectivity index (χ2v) is 13.6. The third-order valence-corrected chi connectivity index (χ3v) is 7.75. The highest BCUT2D eigenvalue weighted by Crippen LogP contribution is 2.40. The standard InChI is InChI=1S/C36H40/c1-34(2,3)25-13-10-23(11-14-25)24-12-17-28-29-18-15-26(35(4,5)6)21-32(29)33-22-27(36(7,8)9)16-19-30(33)31(28)20-24/h10-22H,1-9H3. The molecule has 184 valence electrons. The van der Waals surface area contributed by atoms with Crippen LogP contribution in [-0.2, 0) is 16.2 Å². The minimum Gasteiger partial charge on any atom is -0.0579 e. The zero-order valence-corrected chi connectivity index (χ0v) is 23.5. The van der Waals surface area contributed by atoms with Gasteiger partial charge in [-0.1, -0.05) is 123 Å². The van der Waals surface area contributed by atoms with Crippen molar-refractivity contribution in [2.24, 2.45) is 0 Å². The van der Waals surface area contributed by atoms with Gasteiger partial charge in [0.1, 0.15) is 0 Å². The third-order valence-electron chi connectivity index (χ3n) is 7.75. The van der Waals surface area contributed by atoms with Crippen molar-refractivity contribution < 1.29 is 0 Å². The monoisotopic (exact) mass is 472 g/mol. The van der Waals surface area contributed by atoms with Crippen molar-refractivity contribution in [2.45, 2.75) is 78.6 Å². The lowest BCUT2D eigenvalue weighted by atomic mass is 9.81. The van der Waals surface area contributed by atoms with E-state index in [-0.39, 0.29) is 16.2 Å². The largest absolute Gasteiger partial charge is 0.0579 e. The van der Waals surface area contributed by atoms with Crippen LogP contribution in [0.5, 0.6) is 0 Å². The summed E-state index contributed by atoms with van der Waals surface area (Å²) in [6.07, 6.45) is 0. The fraction of sp³-hybridized carbons (Fsp3) is 0.333. The molecule has 0 aliphatic carbocycles. The molecule has 0 spiro atoms. The Bertz CT molecular complexity index is 1590. The van der Waals surface area contributed by atoms with Crippen LogP contribution in [0.3, 0.4) is 0 Å². The number of hydrogen-bond acceptors (Lipinski definition) is 0. The van der Waals surface area contributed by atoms with E-state index >= 15 is 0 Å². The van der Waals surface area contributed by atoms with Gasteiger partial charge in [-0.2, -0.15) is 0 Å². The molecule has 0 aromatic heterocycles. The van der Waals surface area contributed by atoms with Gasteiger partial charge in [0.15, 0.2) is 0 Å². The molecule has 0 bridgehead atoms. The molecule has 0 heterocycles. The lowest BCUT2D eigenvalue weighted by Crippen LogP contribution is -2.11. The minimum absolute atomic E-state index is 0.105. The van der Waals surface area contributed by atoms with Crippen molar-refractivity contribution in [1.29, 1.82) is 0 Å². The quantitative estimate of drug-likeness (QED) is 0.213. The van der Waals surface area contributed by atoms with E-state index in [9.17, 15) is 0 Å². The average molecular weight is 473 g/mol. The molecule has 0 unspecified atom stereocenters. The topological polar surface area (TPSA) is 0 Å². The zero-order chi connectivity index (χ0) is 26.0. The summed E-state index contributed by atoms with van der Waals surface area (Å²) in [6.45, 7) is 20.6. The molecule has 0 atom stereocenters. The zero-order valence-electron chi connectivity index (χ0n) is 23.5. The molecule has 0 N–H and O–H groups in total. The maximum Gasteiger partial charge on any atom is -0.00928 e. The molecule has 0 heteroatoms. The van der Waals surface area contributed by atoms with Crippen LogP contribution in [0.4, 0.5) is 0 Å². The van der Waals surface area contributed by atoms with E-state index in [1.165, 1.54) is 60.1 Å². The van der Waals surface area contributed by atoms with Crippen molar-refractivity contribution in [3.05, 3.63) is 95.6 Å². The highest BCUT2D eigenvalue weighted by Gasteiger charge is 2.19. The van der Waals surface area contributed by atoms with E-state index in [1.807, 2.05) is 0 Å². The van der Waals surface area contributed by atoms with E-state index in [1.54, 1.807) is 0 Å². The molecule has 0 saturated heterocycles. The van der Waals surface area contributed by atoms with Crippen LogP contribution < -0.4 is 0 Å². The highest BCUT2D eigenvalue weighted by atomic mass is 14.2. The highest BCUT2D eigenvalue weighted by molar-refractivity contribution is 6.26. The summed E-state index contributed by atoms with van der Waals surface area (Å²) in [7, 11) is 0. The molecule has 0 nitrogen and oxygen atoms in total. The Hall–Kier alpha value is -3.12. The summed E-state index contributed by atoms with van der Waals surface area (Å²) in [5, 5.41) is 8.06. The van der Waals surface area contributed by atoms with Gasteiger partial charge in [0.25, 0.3) is 0 Å². The van der Waals surface area contributed by atoms with Gasteiger partial charge >= 0.3 is 0 Å².